The highest BCUT2D eigenvalue weighted by molar-refractivity contribution is 6.28. The number of amides is 1. The molecular weight excluding hydrogens is 232 g/mol. The van der Waals surface area contributed by atoms with Crippen LogP contribution >= 0.6 is 11.6 Å². The minimum Gasteiger partial charge on any atom is -0.288 e. The molecule has 1 saturated heterocycles. The number of carbonyl (C=O) groups is 1. The summed E-state index contributed by atoms with van der Waals surface area (Å²) in [5.74, 6) is -0.0791. The summed E-state index contributed by atoms with van der Waals surface area (Å²) in [6, 6.07) is 0. The van der Waals surface area contributed by atoms with Gasteiger partial charge in [0.05, 0.1) is 17.9 Å². The third-order valence-corrected chi connectivity index (χ3v) is 2.70. The van der Waals surface area contributed by atoms with Crippen LogP contribution in [0.2, 0.25) is 0 Å². The lowest BCUT2D eigenvalue weighted by Gasteiger charge is -2.17. The molecule has 0 aromatic carbocycles. The SMILES string of the molecule is O=C(CCl)Nc1c[n+](N2CCCCC2)no1. The molecule has 6 nitrogen and oxygen atoms in total. The quantitative estimate of drug-likeness (QED) is 0.613. The molecule has 1 fully saturated rings. The van der Waals surface area contributed by atoms with Gasteiger partial charge in [0.15, 0.2) is 0 Å². The zero-order chi connectivity index (χ0) is 11.4. The summed E-state index contributed by atoms with van der Waals surface area (Å²) in [6.07, 6.45) is 5.22. The first-order valence-electron chi connectivity index (χ1n) is 5.29. The van der Waals surface area contributed by atoms with Gasteiger partial charge in [-0.2, -0.15) is 5.01 Å². The second-order valence-electron chi connectivity index (χ2n) is 3.68. The van der Waals surface area contributed by atoms with E-state index in [1.54, 1.807) is 11.0 Å². The van der Waals surface area contributed by atoms with Crippen molar-refractivity contribution in [2.45, 2.75) is 19.3 Å². The van der Waals surface area contributed by atoms with E-state index in [0.717, 1.165) is 25.9 Å². The molecular formula is C9H14ClN4O2+. The summed E-state index contributed by atoms with van der Waals surface area (Å²) in [5, 5.41) is 8.41. The van der Waals surface area contributed by atoms with E-state index in [2.05, 4.69) is 15.6 Å². The Balaban J connectivity index is 1.98. The number of alkyl halides is 1. The van der Waals surface area contributed by atoms with E-state index in [-0.39, 0.29) is 11.8 Å². The second kappa shape index (κ2) is 5.16. The highest BCUT2D eigenvalue weighted by Gasteiger charge is 2.22. The normalized spacial score (nSPS) is 16.2. The van der Waals surface area contributed by atoms with Crippen molar-refractivity contribution in [3.8, 4) is 0 Å². The van der Waals surface area contributed by atoms with Crippen LogP contribution in [0.25, 0.3) is 0 Å². The van der Waals surface area contributed by atoms with Crippen LogP contribution in [0.5, 0.6) is 0 Å². The standard InChI is InChI=1S/C9H13ClN4O2/c10-6-8(15)11-9-7-14(12-16-9)13-4-2-1-3-5-13/h7H,1-6H2/p+1. The van der Waals surface area contributed by atoms with Crippen molar-refractivity contribution in [1.29, 1.82) is 0 Å². The largest absolute Gasteiger partial charge is 0.305 e. The van der Waals surface area contributed by atoms with E-state index in [1.165, 1.54) is 6.42 Å². The third kappa shape index (κ3) is 2.63. The van der Waals surface area contributed by atoms with Gasteiger partial charge in [-0.25, -0.2) is 0 Å². The first-order chi connectivity index (χ1) is 7.79. The fourth-order valence-electron chi connectivity index (χ4n) is 1.68. The van der Waals surface area contributed by atoms with Crippen molar-refractivity contribution < 1.29 is 14.1 Å². The lowest BCUT2D eigenvalue weighted by Crippen LogP contribution is -2.60. The van der Waals surface area contributed by atoms with E-state index in [1.807, 2.05) is 0 Å². The number of piperidine rings is 1. The molecule has 0 unspecified atom stereocenters. The summed E-state index contributed by atoms with van der Waals surface area (Å²) < 4.78 is 4.97. The zero-order valence-electron chi connectivity index (χ0n) is 8.86. The van der Waals surface area contributed by atoms with Crippen molar-refractivity contribution in [3.05, 3.63) is 6.20 Å². The van der Waals surface area contributed by atoms with Crippen LogP contribution in [0.4, 0.5) is 5.88 Å². The average molecular weight is 246 g/mol. The van der Waals surface area contributed by atoms with Crippen LogP contribution in [0, 0.1) is 0 Å². The molecule has 1 aromatic heterocycles. The monoisotopic (exact) mass is 245 g/mol. The Bertz CT molecular complexity index is 362. The Labute approximate surface area is 98.1 Å². The van der Waals surface area contributed by atoms with E-state index < -0.39 is 0 Å². The molecule has 1 aromatic rings. The van der Waals surface area contributed by atoms with Crippen LogP contribution in [0.15, 0.2) is 10.7 Å². The predicted octanol–water partition coefficient (Wildman–Crippen LogP) is 0.261. The van der Waals surface area contributed by atoms with Crippen LogP contribution in [-0.4, -0.2) is 30.1 Å². The van der Waals surface area contributed by atoms with Crippen molar-refractivity contribution in [2.75, 3.05) is 29.3 Å². The van der Waals surface area contributed by atoms with Gasteiger partial charge in [0.2, 0.25) is 11.2 Å². The molecule has 0 saturated carbocycles. The van der Waals surface area contributed by atoms with Gasteiger partial charge in [-0.1, -0.05) is 0 Å². The Hall–Kier alpha value is -1.30. The van der Waals surface area contributed by atoms with Crippen LogP contribution < -0.4 is 15.1 Å². The number of carbonyl (C=O) groups excluding carboxylic acids is 1. The van der Waals surface area contributed by atoms with Crippen molar-refractivity contribution in [1.82, 2.24) is 5.27 Å². The fourth-order valence-corrected chi connectivity index (χ4v) is 1.75. The summed E-state index contributed by atoms with van der Waals surface area (Å²) in [5.41, 5.74) is 0. The maximum atomic E-state index is 11.0. The molecule has 1 N–H and O–H groups in total. The molecule has 2 heterocycles. The molecule has 16 heavy (non-hydrogen) atoms. The molecule has 0 radical (unpaired) electrons. The molecule has 1 aliphatic heterocycles. The number of anilines is 1. The van der Waals surface area contributed by atoms with Gasteiger partial charge in [0.1, 0.15) is 5.88 Å². The molecule has 0 atom stereocenters. The second-order valence-corrected chi connectivity index (χ2v) is 3.95. The average Bonchev–Trinajstić information content (AvgIpc) is 2.78. The predicted molar refractivity (Wildman–Crippen MR) is 57.8 cm³/mol. The molecule has 0 bridgehead atoms. The highest BCUT2D eigenvalue weighted by atomic mass is 35.5. The lowest BCUT2D eigenvalue weighted by atomic mass is 10.2. The van der Waals surface area contributed by atoms with E-state index in [4.69, 9.17) is 16.1 Å². The van der Waals surface area contributed by atoms with E-state index in [9.17, 15) is 4.79 Å². The molecule has 1 amide bonds. The van der Waals surface area contributed by atoms with Gasteiger partial charge in [0.25, 0.3) is 6.20 Å². The molecule has 0 aliphatic carbocycles. The number of hydrogen-bond acceptors (Lipinski definition) is 4. The number of nitrogens with zero attached hydrogens (tertiary/aromatic N) is 3. The number of rotatable bonds is 3. The maximum absolute atomic E-state index is 11.0. The van der Waals surface area contributed by atoms with E-state index >= 15 is 0 Å². The maximum Gasteiger partial charge on any atom is 0.305 e. The van der Waals surface area contributed by atoms with Gasteiger partial charge in [-0.15, -0.1) is 11.6 Å². The summed E-state index contributed by atoms with van der Waals surface area (Å²) >= 11 is 5.37. The molecule has 7 heteroatoms. The highest BCUT2D eigenvalue weighted by Crippen LogP contribution is 2.06. The topological polar surface area (TPSA) is 62.3 Å². The van der Waals surface area contributed by atoms with Crippen LogP contribution in [0.3, 0.4) is 0 Å². The molecule has 2 rings (SSSR count). The third-order valence-electron chi connectivity index (χ3n) is 2.46. The van der Waals surface area contributed by atoms with Crippen molar-refractivity contribution in [3.63, 3.8) is 0 Å². The first-order valence-corrected chi connectivity index (χ1v) is 5.83. The molecule has 88 valence electrons. The summed E-state index contributed by atoms with van der Waals surface area (Å²) in [4.78, 5) is 12.6. The van der Waals surface area contributed by atoms with Gasteiger partial charge in [0, 0.05) is 0 Å². The van der Waals surface area contributed by atoms with E-state index in [0.29, 0.717) is 5.88 Å². The number of nitrogens with one attached hydrogen (secondary N) is 1. The van der Waals surface area contributed by atoms with Gasteiger partial charge in [-0.05, 0) is 19.3 Å². The first kappa shape index (κ1) is 11.2. The summed E-state index contributed by atoms with van der Waals surface area (Å²) in [7, 11) is 0. The molecule has 1 aliphatic rings. The van der Waals surface area contributed by atoms with Crippen LogP contribution in [0.1, 0.15) is 19.3 Å². The Kier molecular flexibility index (Phi) is 3.61. The minimum atomic E-state index is -0.302. The lowest BCUT2D eigenvalue weighted by molar-refractivity contribution is -0.759. The Morgan fingerprint density at radius 2 is 2.31 bits per heavy atom. The number of aromatic nitrogens is 2. The molecule has 0 spiro atoms. The smallest absolute Gasteiger partial charge is 0.288 e. The number of halogens is 1. The van der Waals surface area contributed by atoms with Gasteiger partial charge < -0.3 is 0 Å². The summed E-state index contributed by atoms with van der Waals surface area (Å²) in [6.45, 7) is 1.92. The Morgan fingerprint density at radius 3 is 3.00 bits per heavy atom. The minimum absolute atomic E-state index is 0.0928. The van der Waals surface area contributed by atoms with Crippen LogP contribution in [-0.2, 0) is 4.79 Å². The van der Waals surface area contributed by atoms with Gasteiger partial charge in [-0.3, -0.25) is 14.6 Å². The number of hydrogen-bond donors (Lipinski definition) is 1. The van der Waals surface area contributed by atoms with Crippen molar-refractivity contribution in [2.24, 2.45) is 0 Å². The van der Waals surface area contributed by atoms with Crippen molar-refractivity contribution >= 4 is 23.4 Å². The van der Waals surface area contributed by atoms with Gasteiger partial charge >= 0.3 is 5.88 Å². The zero-order valence-corrected chi connectivity index (χ0v) is 9.61. The Morgan fingerprint density at radius 1 is 1.56 bits per heavy atom. The fraction of sp³-hybridized carbons (Fsp3) is 0.667.